The van der Waals surface area contributed by atoms with Crippen LogP contribution in [0.25, 0.3) is 0 Å². The zero-order valence-electron chi connectivity index (χ0n) is 9.99. The predicted molar refractivity (Wildman–Crippen MR) is 65.4 cm³/mol. The van der Waals surface area contributed by atoms with E-state index in [9.17, 15) is 22.8 Å². The van der Waals surface area contributed by atoms with Crippen molar-refractivity contribution in [3.8, 4) is 5.75 Å². The number of carbonyl (C=O) groups excluding carboxylic acids is 1. The second-order valence-corrected chi connectivity index (χ2v) is 4.58. The number of carbonyl (C=O) groups is 2. The van der Waals surface area contributed by atoms with Gasteiger partial charge in [-0.15, -0.1) is 13.2 Å². The summed E-state index contributed by atoms with van der Waals surface area (Å²) in [5.74, 6) is -2.67. The maximum Gasteiger partial charge on any atom is 0.573 e. The minimum absolute atomic E-state index is 0.0117. The first-order valence-corrected chi connectivity index (χ1v) is 5.98. The van der Waals surface area contributed by atoms with Crippen LogP contribution in [0.2, 0.25) is 0 Å². The molecule has 1 amide bonds. The lowest BCUT2D eigenvalue weighted by Gasteiger charge is -2.13. The maximum atomic E-state index is 12.1. The topological polar surface area (TPSA) is 75.6 Å². The number of halogens is 4. The van der Waals surface area contributed by atoms with E-state index in [1.807, 2.05) is 0 Å². The van der Waals surface area contributed by atoms with Crippen molar-refractivity contribution >= 4 is 27.8 Å². The van der Waals surface area contributed by atoms with Crippen molar-refractivity contribution in [1.82, 2.24) is 5.32 Å². The molecule has 0 spiro atoms. The lowest BCUT2D eigenvalue weighted by Crippen LogP contribution is -2.38. The number of rotatable bonds is 4. The van der Waals surface area contributed by atoms with Crippen molar-refractivity contribution in [3.05, 3.63) is 28.2 Å². The Bertz CT molecular complexity index is 533. The van der Waals surface area contributed by atoms with E-state index in [1.165, 1.54) is 19.1 Å². The van der Waals surface area contributed by atoms with E-state index in [2.05, 4.69) is 26.0 Å². The number of carboxylic acid groups (broad SMARTS) is 1. The normalized spacial score (nSPS) is 12.7. The van der Waals surface area contributed by atoms with Crippen molar-refractivity contribution in [2.75, 3.05) is 0 Å². The van der Waals surface area contributed by atoms with Crippen LogP contribution in [-0.4, -0.2) is 29.4 Å². The Morgan fingerprint density at radius 2 is 2.00 bits per heavy atom. The fraction of sp³-hybridized carbons (Fsp3) is 0.273. The Kier molecular flexibility index (Phi) is 4.98. The van der Waals surface area contributed by atoms with Gasteiger partial charge in [0.2, 0.25) is 0 Å². The van der Waals surface area contributed by atoms with E-state index in [-0.39, 0.29) is 10.0 Å². The van der Waals surface area contributed by atoms with Gasteiger partial charge in [-0.2, -0.15) is 0 Å². The minimum atomic E-state index is -4.90. The molecule has 0 aromatic heterocycles. The molecular formula is C11H9BrF3NO4. The number of ether oxygens (including phenoxy) is 1. The molecule has 0 saturated heterocycles. The molecule has 0 bridgehead atoms. The smallest absolute Gasteiger partial charge is 0.480 e. The van der Waals surface area contributed by atoms with Crippen LogP contribution < -0.4 is 10.1 Å². The van der Waals surface area contributed by atoms with Gasteiger partial charge in [-0.25, -0.2) is 0 Å². The van der Waals surface area contributed by atoms with E-state index in [1.54, 1.807) is 0 Å². The highest BCUT2D eigenvalue weighted by molar-refractivity contribution is 9.10. The van der Waals surface area contributed by atoms with Crippen LogP contribution in [0, 0.1) is 0 Å². The molecule has 1 aromatic rings. The number of nitrogens with one attached hydrogen (secondary N) is 1. The molecule has 5 nitrogen and oxygen atoms in total. The van der Waals surface area contributed by atoms with Gasteiger partial charge in [-0.1, -0.05) is 0 Å². The lowest BCUT2D eigenvalue weighted by atomic mass is 10.2. The summed E-state index contributed by atoms with van der Waals surface area (Å²) in [5.41, 5.74) is -0.152. The second kappa shape index (κ2) is 6.12. The summed E-state index contributed by atoms with van der Waals surface area (Å²) in [6.45, 7) is 1.23. The highest BCUT2D eigenvalue weighted by Crippen LogP contribution is 2.31. The number of amides is 1. The van der Waals surface area contributed by atoms with E-state index in [4.69, 9.17) is 5.11 Å². The largest absolute Gasteiger partial charge is 0.573 e. The molecule has 20 heavy (non-hydrogen) atoms. The minimum Gasteiger partial charge on any atom is -0.480 e. The van der Waals surface area contributed by atoms with Crippen molar-refractivity contribution < 1.29 is 32.6 Å². The predicted octanol–water partition coefficient (Wildman–Crippen LogP) is 2.55. The number of aliphatic carboxylic acids is 1. The summed E-state index contributed by atoms with van der Waals surface area (Å²) in [5, 5.41) is 10.7. The van der Waals surface area contributed by atoms with Crippen LogP contribution in [0.5, 0.6) is 5.75 Å². The molecule has 1 aromatic carbocycles. The van der Waals surface area contributed by atoms with Crippen LogP contribution in [0.15, 0.2) is 22.7 Å². The average molecular weight is 356 g/mol. The van der Waals surface area contributed by atoms with Gasteiger partial charge >= 0.3 is 12.3 Å². The molecule has 1 atom stereocenters. The summed E-state index contributed by atoms with van der Waals surface area (Å²) in [4.78, 5) is 22.2. The lowest BCUT2D eigenvalue weighted by molar-refractivity contribution is -0.274. The van der Waals surface area contributed by atoms with Gasteiger partial charge in [0.15, 0.2) is 0 Å². The average Bonchev–Trinajstić information content (AvgIpc) is 2.29. The summed E-state index contributed by atoms with van der Waals surface area (Å²) in [6, 6.07) is 2.12. The fourth-order valence-electron chi connectivity index (χ4n) is 1.19. The van der Waals surface area contributed by atoms with E-state index >= 15 is 0 Å². The van der Waals surface area contributed by atoms with E-state index in [0.717, 1.165) is 6.07 Å². The van der Waals surface area contributed by atoms with E-state index in [0.29, 0.717) is 0 Å². The molecule has 0 saturated carbocycles. The Labute approximate surface area is 119 Å². The van der Waals surface area contributed by atoms with E-state index < -0.39 is 30.0 Å². The molecule has 0 aliphatic rings. The molecule has 1 rings (SSSR count). The third kappa shape index (κ3) is 4.72. The Morgan fingerprint density at radius 1 is 1.40 bits per heavy atom. The van der Waals surface area contributed by atoms with Crippen molar-refractivity contribution in [3.63, 3.8) is 0 Å². The standard InChI is InChI=1S/C11H9BrF3NO4/c1-5(10(18)19)16-9(17)6-2-3-7(12)8(4-6)20-11(13,14)15/h2-5H,1H3,(H,16,17)(H,18,19)/t5-/m1/s1. The van der Waals surface area contributed by atoms with Gasteiger partial charge in [0.25, 0.3) is 5.91 Å². The molecule has 0 aliphatic heterocycles. The van der Waals surface area contributed by atoms with Gasteiger partial charge in [0.05, 0.1) is 4.47 Å². The monoisotopic (exact) mass is 355 g/mol. The first-order valence-electron chi connectivity index (χ1n) is 5.19. The number of hydrogen-bond donors (Lipinski definition) is 2. The molecular weight excluding hydrogens is 347 g/mol. The highest BCUT2D eigenvalue weighted by Gasteiger charge is 2.32. The van der Waals surface area contributed by atoms with Crippen LogP contribution in [-0.2, 0) is 4.79 Å². The SMILES string of the molecule is C[C@@H](NC(=O)c1ccc(Br)c(OC(F)(F)F)c1)C(=O)O. The van der Waals surface area contributed by atoms with Crippen molar-refractivity contribution in [2.24, 2.45) is 0 Å². The third-order valence-electron chi connectivity index (χ3n) is 2.14. The molecule has 110 valence electrons. The third-order valence-corrected chi connectivity index (χ3v) is 2.79. The molecule has 0 radical (unpaired) electrons. The molecule has 0 heterocycles. The first-order chi connectivity index (χ1) is 9.10. The fourth-order valence-corrected chi connectivity index (χ4v) is 1.52. The Morgan fingerprint density at radius 3 is 2.50 bits per heavy atom. The quantitative estimate of drug-likeness (QED) is 0.870. The molecule has 9 heteroatoms. The molecule has 2 N–H and O–H groups in total. The van der Waals surface area contributed by atoms with Crippen LogP contribution in [0.3, 0.4) is 0 Å². The van der Waals surface area contributed by atoms with Gasteiger partial charge in [-0.3, -0.25) is 9.59 Å². The number of alkyl halides is 3. The summed E-state index contributed by atoms with van der Waals surface area (Å²) >= 11 is 2.86. The van der Waals surface area contributed by atoms with Crippen molar-refractivity contribution in [2.45, 2.75) is 19.3 Å². The zero-order chi connectivity index (χ0) is 15.5. The van der Waals surface area contributed by atoms with Crippen LogP contribution >= 0.6 is 15.9 Å². The Balaban J connectivity index is 2.94. The summed E-state index contributed by atoms with van der Waals surface area (Å²) in [7, 11) is 0. The highest BCUT2D eigenvalue weighted by atomic mass is 79.9. The second-order valence-electron chi connectivity index (χ2n) is 3.73. The number of benzene rings is 1. The van der Waals surface area contributed by atoms with Gasteiger partial charge in [0.1, 0.15) is 11.8 Å². The summed E-state index contributed by atoms with van der Waals surface area (Å²) in [6.07, 6.45) is -4.90. The van der Waals surface area contributed by atoms with Crippen LogP contribution in [0.1, 0.15) is 17.3 Å². The first kappa shape index (κ1) is 16.3. The van der Waals surface area contributed by atoms with Crippen molar-refractivity contribution in [1.29, 1.82) is 0 Å². The maximum absolute atomic E-state index is 12.1. The molecule has 0 fully saturated rings. The van der Waals surface area contributed by atoms with Crippen LogP contribution in [0.4, 0.5) is 13.2 Å². The van der Waals surface area contributed by atoms with Gasteiger partial charge in [0, 0.05) is 5.56 Å². The number of carboxylic acids is 1. The van der Waals surface area contributed by atoms with Gasteiger partial charge in [-0.05, 0) is 41.1 Å². The summed E-state index contributed by atoms with van der Waals surface area (Å²) < 4.78 is 40.2. The molecule has 0 unspecified atom stereocenters. The molecule has 0 aliphatic carbocycles. The van der Waals surface area contributed by atoms with Gasteiger partial charge < -0.3 is 15.2 Å². The zero-order valence-corrected chi connectivity index (χ0v) is 11.6. The number of hydrogen-bond acceptors (Lipinski definition) is 3. The Hall–Kier alpha value is -1.77.